The Morgan fingerprint density at radius 3 is 2.92 bits per heavy atom. The van der Waals surface area contributed by atoms with Crippen LogP contribution in [0.1, 0.15) is 17.5 Å². The fraction of sp³-hybridized carbons (Fsp3) is 0.400. The van der Waals surface area contributed by atoms with Crippen LogP contribution in [0.25, 0.3) is 0 Å². The Bertz CT molecular complexity index is 235. The minimum Gasteiger partial charge on any atom is -0.305 e. The van der Waals surface area contributed by atoms with Gasteiger partial charge in [0.25, 0.3) is 0 Å². The molecule has 0 saturated carbocycles. The van der Waals surface area contributed by atoms with Crippen molar-refractivity contribution in [2.45, 2.75) is 19.8 Å². The summed E-state index contributed by atoms with van der Waals surface area (Å²) in [6, 6.07) is 8.50. The van der Waals surface area contributed by atoms with Crippen LogP contribution < -0.4 is 5.90 Å². The highest BCUT2D eigenvalue weighted by atomic mass is 16.6. The van der Waals surface area contributed by atoms with Crippen molar-refractivity contribution in [3.8, 4) is 0 Å². The zero-order chi connectivity index (χ0) is 8.81. The smallest absolute Gasteiger partial charge is 0.0682 e. The van der Waals surface area contributed by atoms with Crippen molar-refractivity contribution in [3.63, 3.8) is 0 Å². The van der Waals surface area contributed by atoms with Crippen molar-refractivity contribution in [2.75, 3.05) is 6.61 Å². The average Bonchev–Trinajstić information content (AvgIpc) is 2.05. The summed E-state index contributed by atoms with van der Waals surface area (Å²) in [5, 5.41) is 0. The van der Waals surface area contributed by atoms with Crippen LogP contribution in [0.15, 0.2) is 24.3 Å². The van der Waals surface area contributed by atoms with Gasteiger partial charge in [-0.15, -0.1) is 0 Å². The van der Waals surface area contributed by atoms with Crippen molar-refractivity contribution in [1.82, 2.24) is 0 Å². The normalized spacial score (nSPS) is 10.2. The topological polar surface area (TPSA) is 35.2 Å². The largest absolute Gasteiger partial charge is 0.305 e. The van der Waals surface area contributed by atoms with Crippen LogP contribution in [0.3, 0.4) is 0 Å². The molecule has 1 rings (SSSR count). The second-order valence-corrected chi connectivity index (χ2v) is 2.96. The molecule has 12 heavy (non-hydrogen) atoms. The third kappa shape index (κ3) is 3.03. The second-order valence-electron chi connectivity index (χ2n) is 2.96. The Morgan fingerprint density at radius 2 is 2.25 bits per heavy atom. The van der Waals surface area contributed by atoms with Gasteiger partial charge in [-0.05, 0) is 25.3 Å². The molecular formula is C10H15NO. The molecule has 0 atom stereocenters. The van der Waals surface area contributed by atoms with Gasteiger partial charge in [0.05, 0.1) is 6.61 Å². The molecule has 1 aromatic rings. The number of hydrogen-bond donors (Lipinski definition) is 1. The van der Waals surface area contributed by atoms with Gasteiger partial charge >= 0.3 is 0 Å². The lowest BCUT2D eigenvalue weighted by Crippen LogP contribution is -2.01. The van der Waals surface area contributed by atoms with Gasteiger partial charge in [-0.25, -0.2) is 5.90 Å². The molecule has 0 radical (unpaired) electrons. The highest BCUT2D eigenvalue weighted by Crippen LogP contribution is 2.05. The maximum absolute atomic E-state index is 4.92. The Hall–Kier alpha value is -0.860. The Balaban J connectivity index is 2.41. The van der Waals surface area contributed by atoms with Crippen LogP contribution in [-0.4, -0.2) is 6.61 Å². The molecule has 1 aromatic carbocycles. The van der Waals surface area contributed by atoms with Crippen molar-refractivity contribution >= 4 is 0 Å². The van der Waals surface area contributed by atoms with E-state index < -0.39 is 0 Å². The van der Waals surface area contributed by atoms with E-state index in [2.05, 4.69) is 36.0 Å². The zero-order valence-electron chi connectivity index (χ0n) is 7.42. The van der Waals surface area contributed by atoms with E-state index in [-0.39, 0.29) is 0 Å². The van der Waals surface area contributed by atoms with E-state index in [0.29, 0.717) is 6.61 Å². The molecule has 0 aliphatic carbocycles. The van der Waals surface area contributed by atoms with Crippen molar-refractivity contribution in [1.29, 1.82) is 0 Å². The van der Waals surface area contributed by atoms with E-state index in [4.69, 9.17) is 5.90 Å². The molecule has 2 nitrogen and oxygen atoms in total. The fourth-order valence-electron chi connectivity index (χ4n) is 1.23. The first-order chi connectivity index (χ1) is 5.83. The summed E-state index contributed by atoms with van der Waals surface area (Å²) in [7, 11) is 0. The molecule has 66 valence electrons. The molecule has 2 heteroatoms. The van der Waals surface area contributed by atoms with Gasteiger partial charge in [0.2, 0.25) is 0 Å². The van der Waals surface area contributed by atoms with E-state index >= 15 is 0 Å². The van der Waals surface area contributed by atoms with Crippen molar-refractivity contribution < 1.29 is 4.84 Å². The molecule has 0 amide bonds. The van der Waals surface area contributed by atoms with Crippen LogP contribution >= 0.6 is 0 Å². The van der Waals surface area contributed by atoms with Gasteiger partial charge in [0.15, 0.2) is 0 Å². The van der Waals surface area contributed by atoms with Gasteiger partial charge in [0, 0.05) is 0 Å². The van der Waals surface area contributed by atoms with E-state index in [1.54, 1.807) is 0 Å². The number of aryl methyl sites for hydroxylation is 2. The molecule has 0 unspecified atom stereocenters. The summed E-state index contributed by atoms with van der Waals surface area (Å²) in [6.07, 6.45) is 2.03. The van der Waals surface area contributed by atoms with E-state index in [1.165, 1.54) is 11.1 Å². The summed E-state index contributed by atoms with van der Waals surface area (Å²) < 4.78 is 0. The quantitative estimate of drug-likeness (QED) is 0.545. The fourth-order valence-corrected chi connectivity index (χ4v) is 1.23. The molecule has 0 aromatic heterocycles. The maximum atomic E-state index is 4.92. The third-order valence-corrected chi connectivity index (χ3v) is 1.81. The highest BCUT2D eigenvalue weighted by Gasteiger charge is 1.92. The monoisotopic (exact) mass is 165 g/mol. The number of rotatable bonds is 4. The molecule has 2 N–H and O–H groups in total. The summed E-state index contributed by atoms with van der Waals surface area (Å²) in [6.45, 7) is 2.73. The Morgan fingerprint density at radius 1 is 1.42 bits per heavy atom. The van der Waals surface area contributed by atoms with E-state index in [9.17, 15) is 0 Å². The maximum Gasteiger partial charge on any atom is 0.0682 e. The highest BCUT2D eigenvalue weighted by molar-refractivity contribution is 5.22. The molecular weight excluding hydrogens is 150 g/mol. The number of benzene rings is 1. The van der Waals surface area contributed by atoms with Crippen LogP contribution in [0.4, 0.5) is 0 Å². The van der Waals surface area contributed by atoms with Crippen molar-refractivity contribution in [2.24, 2.45) is 5.90 Å². The molecule has 0 aliphatic heterocycles. The third-order valence-electron chi connectivity index (χ3n) is 1.81. The molecule has 0 heterocycles. The van der Waals surface area contributed by atoms with Gasteiger partial charge < -0.3 is 4.84 Å². The van der Waals surface area contributed by atoms with Crippen LogP contribution in [0.5, 0.6) is 0 Å². The summed E-state index contributed by atoms with van der Waals surface area (Å²) in [4.78, 5) is 4.49. The summed E-state index contributed by atoms with van der Waals surface area (Å²) in [5.41, 5.74) is 2.66. The lowest BCUT2D eigenvalue weighted by atomic mass is 10.1. The molecule has 0 aliphatic rings. The zero-order valence-corrected chi connectivity index (χ0v) is 7.42. The number of hydrogen-bond acceptors (Lipinski definition) is 2. The molecule has 0 saturated heterocycles. The minimum atomic E-state index is 0.633. The summed E-state index contributed by atoms with van der Waals surface area (Å²) >= 11 is 0. The first-order valence-electron chi connectivity index (χ1n) is 4.20. The molecule has 0 fully saturated rings. The minimum absolute atomic E-state index is 0.633. The van der Waals surface area contributed by atoms with E-state index in [1.807, 2.05) is 0 Å². The van der Waals surface area contributed by atoms with Gasteiger partial charge in [-0.3, -0.25) is 0 Å². The first-order valence-corrected chi connectivity index (χ1v) is 4.20. The predicted molar refractivity (Wildman–Crippen MR) is 49.6 cm³/mol. The van der Waals surface area contributed by atoms with Gasteiger partial charge in [0.1, 0.15) is 0 Å². The van der Waals surface area contributed by atoms with Crippen molar-refractivity contribution in [3.05, 3.63) is 35.4 Å². The van der Waals surface area contributed by atoms with Gasteiger partial charge in [-0.2, -0.15) is 0 Å². The lowest BCUT2D eigenvalue weighted by Gasteiger charge is -2.01. The Kier molecular flexibility index (Phi) is 3.77. The average molecular weight is 165 g/mol. The molecule has 0 spiro atoms. The van der Waals surface area contributed by atoms with Crippen LogP contribution in [0.2, 0.25) is 0 Å². The van der Waals surface area contributed by atoms with Crippen LogP contribution in [-0.2, 0) is 11.3 Å². The lowest BCUT2D eigenvalue weighted by molar-refractivity contribution is 0.135. The first kappa shape index (κ1) is 9.23. The Labute approximate surface area is 73.3 Å². The predicted octanol–water partition coefficient (Wildman–Crippen LogP) is 1.82. The number of nitrogens with two attached hydrogens (primary N) is 1. The van der Waals surface area contributed by atoms with E-state index in [0.717, 1.165) is 12.8 Å². The SMILES string of the molecule is Cc1cccc(CCCON)c1. The standard InChI is InChI=1S/C10H15NO/c1-9-4-2-5-10(8-9)6-3-7-12-11/h2,4-5,8H,3,6-7,11H2,1H3. The van der Waals surface area contributed by atoms with Crippen LogP contribution in [0, 0.1) is 6.92 Å². The molecule has 0 bridgehead atoms. The summed E-state index contributed by atoms with van der Waals surface area (Å²) in [5.74, 6) is 4.92. The van der Waals surface area contributed by atoms with Gasteiger partial charge in [-0.1, -0.05) is 29.8 Å². The second kappa shape index (κ2) is 4.91.